The zero-order valence-electron chi connectivity index (χ0n) is 11.5. The van der Waals surface area contributed by atoms with E-state index in [4.69, 9.17) is 15.4 Å². The molecule has 122 valence electrons. The lowest BCUT2D eigenvalue weighted by Gasteiger charge is -2.38. The second kappa shape index (κ2) is 7.61. The maximum atomic E-state index is 11.2. The Morgan fingerprint density at radius 2 is 2.18 bits per heavy atom. The second-order valence-electron chi connectivity index (χ2n) is 4.61. The van der Waals surface area contributed by atoms with Crippen molar-refractivity contribution in [2.24, 2.45) is 5.11 Å². The third-order valence-electron chi connectivity index (χ3n) is 2.95. The number of nitrogens with zero attached hydrogens (tertiary/aromatic N) is 3. The first kappa shape index (κ1) is 17.7. The molecule has 0 radical (unpaired) electrons. The third-order valence-corrected chi connectivity index (χ3v) is 2.95. The number of hydrogen-bond donors (Lipinski definition) is 5. The molecule has 0 saturated heterocycles. The molecule has 0 saturated carbocycles. The van der Waals surface area contributed by atoms with Crippen molar-refractivity contribution in [3.05, 3.63) is 22.3 Å². The highest BCUT2D eigenvalue weighted by Crippen LogP contribution is 2.23. The Morgan fingerprint density at radius 1 is 1.55 bits per heavy atom. The molecule has 11 nitrogen and oxygen atoms in total. The van der Waals surface area contributed by atoms with Crippen molar-refractivity contribution < 1.29 is 34.8 Å². The van der Waals surface area contributed by atoms with Gasteiger partial charge in [-0.25, -0.2) is 4.79 Å². The predicted molar refractivity (Wildman–Crippen MR) is 70.2 cm³/mol. The molecule has 11 heteroatoms. The number of carbonyl (C=O) groups is 2. The van der Waals surface area contributed by atoms with Crippen LogP contribution in [-0.4, -0.2) is 69.3 Å². The molecule has 0 aromatic rings. The van der Waals surface area contributed by atoms with E-state index < -0.39 is 54.6 Å². The highest BCUT2D eigenvalue weighted by molar-refractivity contribution is 5.84. The summed E-state index contributed by atoms with van der Waals surface area (Å²) in [5.74, 6) is -2.67. The lowest BCUT2D eigenvalue weighted by molar-refractivity contribution is -0.147. The molecule has 22 heavy (non-hydrogen) atoms. The molecule has 5 atom stereocenters. The maximum Gasteiger partial charge on any atom is 0.370 e. The Hall–Kier alpha value is -2.33. The number of amides is 1. The van der Waals surface area contributed by atoms with Crippen molar-refractivity contribution in [3.8, 4) is 0 Å². The zero-order chi connectivity index (χ0) is 16.9. The van der Waals surface area contributed by atoms with Crippen molar-refractivity contribution in [1.82, 2.24) is 5.32 Å². The first-order valence-electron chi connectivity index (χ1n) is 6.21. The van der Waals surface area contributed by atoms with Gasteiger partial charge in [-0.1, -0.05) is 5.11 Å². The molecule has 1 rings (SSSR count). The summed E-state index contributed by atoms with van der Waals surface area (Å²) in [6.07, 6.45) is -5.31. The van der Waals surface area contributed by atoms with Crippen LogP contribution in [0.3, 0.4) is 0 Å². The quantitative estimate of drug-likeness (QED) is 0.218. The molecule has 5 N–H and O–H groups in total. The molecular weight excluding hydrogens is 300 g/mol. The number of carboxylic acid groups (broad SMARTS) is 1. The van der Waals surface area contributed by atoms with Crippen LogP contribution in [0, 0.1) is 0 Å². The van der Waals surface area contributed by atoms with Gasteiger partial charge in [0.05, 0.1) is 18.7 Å². The number of hydrogen-bond acceptors (Lipinski definition) is 7. The van der Waals surface area contributed by atoms with Crippen molar-refractivity contribution in [2.45, 2.75) is 37.4 Å². The fraction of sp³-hybridized carbons (Fsp3) is 0.636. The summed E-state index contributed by atoms with van der Waals surface area (Å²) in [6.45, 7) is 0.662. The summed E-state index contributed by atoms with van der Waals surface area (Å²) in [7, 11) is 0. The Morgan fingerprint density at radius 3 is 2.68 bits per heavy atom. The Kier molecular flexibility index (Phi) is 6.13. The van der Waals surface area contributed by atoms with Crippen LogP contribution in [-0.2, 0) is 14.3 Å². The van der Waals surface area contributed by atoms with E-state index in [9.17, 15) is 24.9 Å². The minimum absolute atomic E-state index is 0.494. The predicted octanol–water partition coefficient (Wildman–Crippen LogP) is -1.75. The number of aliphatic carboxylic acids is 1. The van der Waals surface area contributed by atoms with Gasteiger partial charge in [-0.05, 0) is 11.6 Å². The minimum Gasteiger partial charge on any atom is -0.478 e. The van der Waals surface area contributed by atoms with Gasteiger partial charge in [-0.3, -0.25) is 4.79 Å². The Labute approximate surface area is 124 Å². The van der Waals surface area contributed by atoms with Crippen LogP contribution in [0.25, 0.3) is 10.4 Å². The van der Waals surface area contributed by atoms with Crippen LogP contribution in [0.5, 0.6) is 0 Å². The monoisotopic (exact) mass is 316 g/mol. The lowest BCUT2D eigenvalue weighted by atomic mass is 9.93. The first-order valence-corrected chi connectivity index (χ1v) is 6.21. The largest absolute Gasteiger partial charge is 0.478 e. The maximum absolute atomic E-state index is 11.2. The molecule has 1 aliphatic rings. The summed E-state index contributed by atoms with van der Waals surface area (Å²) in [6, 6.07) is -1.18. The number of carbonyl (C=O) groups excluding carboxylic acids is 1. The van der Waals surface area contributed by atoms with Crippen molar-refractivity contribution in [1.29, 1.82) is 0 Å². The SMILES string of the molecule is CC(=O)N[C@H]1C([C@H](O)[C@H](O)CN=[N+]=[N-])OC(C(=O)O)=C[C@H]1O. The highest BCUT2D eigenvalue weighted by Gasteiger charge is 2.42. The van der Waals surface area contributed by atoms with Crippen molar-refractivity contribution in [2.75, 3.05) is 6.54 Å². The van der Waals surface area contributed by atoms with Gasteiger partial charge >= 0.3 is 5.97 Å². The number of nitrogens with one attached hydrogen (secondary N) is 1. The second-order valence-corrected chi connectivity index (χ2v) is 4.61. The zero-order valence-corrected chi connectivity index (χ0v) is 11.5. The fourth-order valence-electron chi connectivity index (χ4n) is 1.97. The van der Waals surface area contributed by atoms with E-state index in [2.05, 4.69) is 15.3 Å². The molecular formula is C11H16N4O7. The molecule has 1 unspecified atom stereocenters. The number of ether oxygens (including phenoxy) is 1. The Balaban J connectivity index is 3.03. The van der Waals surface area contributed by atoms with Crippen molar-refractivity contribution >= 4 is 11.9 Å². The standard InChI is InChI=1S/C11H16N4O7/c1-4(16)14-8-5(17)2-7(11(20)21)22-10(8)9(19)6(18)3-13-15-12/h2,5-6,8-10,17-19H,3H2,1H3,(H,14,16)(H,20,21)/t5-,6-,8-,9-,10?/m1/s1. The van der Waals surface area contributed by atoms with Crippen LogP contribution in [0.15, 0.2) is 16.9 Å². The van der Waals surface area contributed by atoms with Gasteiger partial charge in [0.15, 0.2) is 6.10 Å². The number of carboxylic acids is 1. The van der Waals surface area contributed by atoms with Crippen molar-refractivity contribution in [3.63, 3.8) is 0 Å². The van der Waals surface area contributed by atoms with Crippen LogP contribution in [0.2, 0.25) is 0 Å². The minimum atomic E-state index is -1.71. The first-order chi connectivity index (χ1) is 10.3. The summed E-state index contributed by atoms with van der Waals surface area (Å²) in [4.78, 5) is 24.5. The number of rotatable bonds is 6. The molecule has 0 aromatic heterocycles. The normalized spacial score (nSPS) is 26.7. The topological polar surface area (TPSA) is 185 Å². The summed E-state index contributed by atoms with van der Waals surface area (Å²) in [5.41, 5.74) is 8.19. The molecule has 0 bridgehead atoms. The van der Waals surface area contributed by atoms with E-state index in [1.54, 1.807) is 0 Å². The van der Waals surface area contributed by atoms with Crippen LogP contribution < -0.4 is 5.32 Å². The van der Waals surface area contributed by atoms with E-state index >= 15 is 0 Å². The number of aliphatic hydroxyl groups is 3. The molecule has 0 aliphatic carbocycles. The molecule has 1 heterocycles. The van der Waals surface area contributed by atoms with Crippen LogP contribution >= 0.6 is 0 Å². The van der Waals surface area contributed by atoms with Gasteiger partial charge < -0.3 is 30.5 Å². The molecule has 0 aromatic carbocycles. The summed E-state index contributed by atoms with van der Waals surface area (Å²) in [5, 5.41) is 43.9. The molecule has 1 amide bonds. The fourth-order valence-corrected chi connectivity index (χ4v) is 1.97. The molecule has 1 aliphatic heterocycles. The van der Waals surface area contributed by atoms with Gasteiger partial charge in [-0.15, -0.1) is 0 Å². The molecule has 0 fully saturated rings. The summed E-state index contributed by atoms with van der Waals surface area (Å²) < 4.78 is 5.04. The van der Waals surface area contributed by atoms with E-state index in [-0.39, 0.29) is 0 Å². The van der Waals surface area contributed by atoms with Crippen LogP contribution in [0.1, 0.15) is 6.92 Å². The molecule has 0 spiro atoms. The van der Waals surface area contributed by atoms with Gasteiger partial charge in [-0.2, -0.15) is 0 Å². The highest BCUT2D eigenvalue weighted by atomic mass is 16.5. The Bertz CT molecular complexity index is 517. The van der Waals surface area contributed by atoms with E-state index in [1.165, 1.54) is 0 Å². The smallest absolute Gasteiger partial charge is 0.370 e. The van der Waals surface area contributed by atoms with Gasteiger partial charge in [0.1, 0.15) is 12.2 Å². The lowest BCUT2D eigenvalue weighted by Crippen LogP contribution is -2.59. The van der Waals surface area contributed by atoms with Gasteiger partial charge in [0.2, 0.25) is 11.7 Å². The van der Waals surface area contributed by atoms with Gasteiger partial charge in [0, 0.05) is 11.8 Å². The van der Waals surface area contributed by atoms with Gasteiger partial charge in [0.25, 0.3) is 0 Å². The third kappa shape index (κ3) is 4.33. The average Bonchev–Trinajstić information content (AvgIpc) is 2.45. The van der Waals surface area contributed by atoms with E-state index in [0.29, 0.717) is 0 Å². The number of azide groups is 1. The number of aliphatic hydroxyl groups excluding tert-OH is 3. The van der Waals surface area contributed by atoms with E-state index in [1.807, 2.05) is 0 Å². The van der Waals surface area contributed by atoms with E-state index in [0.717, 1.165) is 13.0 Å². The average molecular weight is 316 g/mol. The summed E-state index contributed by atoms with van der Waals surface area (Å²) >= 11 is 0. The van der Waals surface area contributed by atoms with Crippen LogP contribution in [0.4, 0.5) is 0 Å².